The van der Waals surface area contributed by atoms with Crippen molar-refractivity contribution in [3.63, 3.8) is 0 Å². The number of likely N-dealkylation sites (tertiary alicyclic amines) is 1. The fourth-order valence-electron chi connectivity index (χ4n) is 1.50. The first-order chi connectivity index (χ1) is 6.86. The van der Waals surface area contributed by atoms with Gasteiger partial charge in [-0.3, -0.25) is 0 Å². The van der Waals surface area contributed by atoms with Crippen molar-refractivity contribution in [3.05, 3.63) is 0 Å². The van der Waals surface area contributed by atoms with E-state index in [2.05, 4.69) is 10.1 Å². The maximum Gasteiger partial charge on any atom is 0.0698 e. The van der Waals surface area contributed by atoms with Crippen molar-refractivity contribution in [1.29, 1.82) is 0 Å². The molecule has 2 N–H and O–H groups in total. The molecule has 1 fully saturated rings. The third-order valence-electron chi connectivity index (χ3n) is 2.36. The first-order valence-corrected chi connectivity index (χ1v) is 4.97. The second-order valence-corrected chi connectivity index (χ2v) is 3.34. The predicted molar refractivity (Wildman–Crippen MR) is 52.8 cm³/mol. The highest BCUT2D eigenvalue weighted by Crippen LogP contribution is 2.06. The van der Waals surface area contributed by atoms with Crippen LogP contribution in [0.4, 0.5) is 0 Å². The van der Waals surface area contributed by atoms with E-state index in [0.29, 0.717) is 13.2 Å². The van der Waals surface area contributed by atoms with Gasteiger partial charge in [0, 0.05) is 32.5 Å². The molecule has 14 heavy (non-hydrogen) atoms. The Bertz CT molecular complexity index is 175. The monoisotopic (exact) mass is 202 g/mol. The van der Waals surface area contributed by atoms with Gasteiger partial charge in [0.25, 0.3) is 0 Å². The lowest BCUT2D eigenvalue weighted by molar-refractivity contribution is 0.0733. The standard InChI is InChI=1S/C9H18N2O3/c12-6-8-14-7-5-11-3-1-9(10-13)2-4-11/h12-13H,1-8H2. The van der Waals surface area contributed by atoms with Crippen molar-refractivity contribution in [2.24, 2.45) is 5.16 Å². The van der Waals surface area contributed by atoms with Gasteiger partial charge >= 0.3 is 0 Å². The van der Waals surface area contributed by atoms with Crippen LogP contribution in [0.15, 0.2) is 5.16 Å². The number of piperidine rings is 1. The Kier molecular flexibility index (Phi) is 5.51. The van der Waals surface area contributed by atoms with E-state index in [-0.39, 0.29) is 6.61 Å². The zero-order valence-corrected chi connectivity index (χ0v) is 8.35. The summed E-state index contributed by atoms with van der Waals surface area (Å²) in [7, 11) is 0. The summed E-state index contributed by atoms with van der Waals surface area (Å²) in [4.78, 5) is 2.27. The van der Waals surface area contributed by atoms with Crippen molar-refractivity contribution < 1.29 is 15.1 Å². The van der Waals surface area contributed by atoms with Crippen molar-refractivity contribution in [2.45, 2.75) is 12.8 Å². The van der Waals surface area contributed by atoms with Crippen molar-refractivity contribution in [3.8, 4) is 0 Å². The maximum atomic E-state index is 8.54. The summed E-state index contributed by atoms with van der Waals surface area (Å²) < 4.78 is 5.17. The smallest absolute Gasteiger partial charge is 0.0698 e. The number of hydrogen-bond donors (Lipinski definition) is 2. The highest BCUT2D eigenvalue weighted by molar-refractivity contribution is 5.84. The summed E-state index contributed by atoms with van der Waals surface area (Å²) in [5.74, 6) is 0. The topological polar surface area (TPSA) is 65.3 Å². The van der Waals surface area contributed by atoms with E-state index in [4.69, 9.17) is 15.1 Å². The molecule has 0 aromatic heterocycles. The van der Waals surface area contributed by atoms with E-state index >= 15 is 0 Å². The van der Waals surface area contributed by atoms with Crippen LogP contribution < -0.4 is 0 Å². The van der Waals surface area contributed by atoms with Crippen LogP contribution in [-0.2, 0) is 4.74 Å². The number of nitrogens with zero attached hydrogens (tertiary/aromatic N) is 2. The Morgan fingerprint density at radius 3 is 2.57 bits per heavy atom. The summed E-state index contributed by atoms with van der Waals surface area (Å²) >= 11 is 0. The van der Waals surface area contributed by atoms with Gasteiger partial charge < -0.3 is 20.0 Å². The minimum Gasteiger partial charge on any atom is -0.411 e. The molecule has 1 rings (SSSR count). The molecule has 0 aromatic rings. The summed E-state index contributed by atoms with van der Waals surface area (Å²) in [6.07, 6.45) is 1.69. The molecule has 0 atom stereocenters. The van der Waals surface area contributed by atoms with Gasteiger partial charge in [0.1, 0.15) is 0 Å². The van der Waals surface area contributed by atoms with Crippen LogP contribution in [0.3, 0.4) is 0 Å². The molecule has 0 bridgehead atoms. The van der Waals surface area contributed by atoms with E-state index in [0.717, 1.165) is 38.2 Å². The SMILES string of the molecule is OCCOCCN1CCC(=NO)CC1. The van der Waals surface area contributed by atoms with Crippen LogP contribution in [-0.4, -0.2) is 60.4 Å². The average Bonchev–Trinajstić information content (AvgIpc) is 2.25. The van der Waals surface area contributed by atoms with Gasteiger partial charge in [-0.25, -0.2) is 0 Å². The van der Waals surface area contributed by atoms with E-state index < -0.39 is 0 Å². The summed E-state index contributed by atoms with van der Waals surface area (Å²) in [6.45, 7) is 3.91. The van der Waals surface area contributed by atoms with Crippen LogP contribution in [0.25, 0.3) is 0 Å². The predicted octanol–water partition coefficient (Wildman–Crippen LogP) is -0.0787. The second-order valence-electron chi connectivity index (χ2n) is 3.34. The number of hydrogen-bond acceptors (Lipinski definition) is 5. The van der Waals surface area contributed by atoms with Gasteiger partial charge in [0.15, 0.2) is 0 Å². The van der Waals surface area contributed by atoms with E-state index in [9.17, 15) is 0 Å². The number of oxime groups is 1. The molecule has 1 aliphatic heterocycles. The molecule has 0 radical (unpaired) electrons. The third kappa shape index (κ3) is 4.04. The lowest BCUT2D eigenvalue weighted by atomic mass is 10.1. The molecule has 0 amide bonds. The van der Waals surface area contributed by atoms with Crippen molar-refractivity contribution in [1.82, 2.24) is 4.90 Å². The summed E-state index contributed by atoms with van der Waals surface area (Å²) in [6, 6.07) is 0. The Hall–Kier alpha value is -0.650. The Morgan fingerprint density at radius 1 is 1.29 bits per heavy atom. The van der Waals surface area contributed by atoms with Gasteiger partial charge in [-0.05, 0) is 0 Å². The van der Waals surface area contributed by atoms with E-state index in [1.54, 1.807) is 0 Å². The van der Waals surface area contributed by atoms with Crippen LogP contribution in [0, 0.1) is 0 Å². The molecule has 0 saturated carbocycles. The highest BCUT2D eigenvalue weighted by atomic mass is 16.5. The molecular formula is C9H18N2O3. The number of aliphatic hydroxyl groups excluding tert-OH is 1. The molecule has 5 nitrogen and oxygen atoms in total. The second kappa shape index (κ2) is 6.75. The van der Waals surface area contributed by atoms with Crippen molar-refractivity contribution in [2.75, 3.05) is 39.5 Å². The largest absolute Gasteiger partial charge is 0.411 e. The summed E-state index contributed by atoms with van der Waals surface area (Å²) in [5.41, 5.74) is 0.887. The van der Waals surface area contributed by atoms with Gasteiger partial charge in [-0.15, -0.1) is 0 Å². The Labute approximate surface area is 84.0 Å². The van der Waals surface area contributed by atoms with E-state index in [1.807, 2.05) is 0 Å². The highest BCUT2D eigenvalue weighted by Gasteiger charge is 2.14. The van der Waals surface area contributed by atoms with Crippen molar-refractivity contribution >= 4 is 5.71 Å². The van der Waals surface area contributed by atoms with Gasteiger partial charge in [0.05, 0.1) is 25.5 Å². The lowest BCUT2D eigenvalue weighted by Crippen LogP contribution is -2.36. The number of rotatable bonds is 5. The fraction of sp³-hybridized carbons (Fsp3) is 0.889. The van der Waals surface area contributed by atoms with Gasteiger partial charge in [-0.2, -0.15) is 0 Å². The molecule has 1 heterocycles. The van der Waals surface area contributed by atoms with Gasteiger partial charge in [-0.1, -0.05) is 5.16 Å². The maximum absolute atomic E-state index is 8.54. The average molecular weight is 202 g/mol. The number of ether oxygens (including phenoxy) is 1. The zero-order chi connectivity index (χ0) is 10.2. The Balaban J connectivity index is 2.04. The van der Waals surface area contributed by atoms with Crippen LogP contribution in [0.5, 0.6) is 0 Å². The summed E-state index contributed by atoms with van der Waals surface area (Å²) in [5, 5.41) is 20.2. The molecule has 0 unspecified atom stereocenters. The molecule has 0 aliphatic carbocycles. The van der Waals surface area contributed by atoms with Crippen LogP contribution >= 0.6 is 0 Å². The molecule has 0 spiro atoms. The lowest BCUT2D eigenvalue weighted by Gasteiger charge is -2.26. The Morgan fingerprint density at radius 2 is 2.00 bits per heavy atom. The molecule has 0 aromatic carbocycles. The van der Waals surface area contributed by atoms with Crippen LogP contribution in [0.1, 0.15) is 12.8 Å². The van der Waals surface area contributed by atoms with Gasteiger partial charge in [0.2, 0.25) is 0 Å². The van der Waals surface area contributed by atoms with Crippen LogP contribution in [0.2, 0.25) is 0 Å². The molecule has 1 aliphatic rings. The fourth-order valence-corrected chi connectivity index (χ4v) is 1.50. The third-order valence-corrected chi connectivity index (χ3v) is 2.36. The minimum atomic E-state index is 0.0846. The number of aliphatic hydroxyl groups is 1. The molecule has 5 heteroatoms. The first kappa shape index (κ1) is 11.4. The molecule has 1 saturated heterocycles. The zero-order valence-electron chi connectivity index (χ0n) is 8.35. The van der Waals surface area contributed by atoms with E-state index in [1.165, 1.54) is 0 Å². The normalized spacial score (nSPS) is 18.5. The quantitative estimate of drug-likeness (QED) is 0.372. The minimum absolute atomic E-state index is 0.0846. The first-order valence-electron chi connectivity index (χ1n) is 4.97. The molecular weight excluding hydrogens is 184 g/mol. The molecule has 82 valence electrons.